The van der Waals surface area contributed by atoms with Crippen LogP contribution in [0, 0.1) is 0 Å². The zero-order chi connectivity index (χ0) is 14.1. The molecule has 2 amide bonds. The van der Waals surface area contributed by atoms with Gasteiger partial charge in [-0.05, 0) is 24.6 Å². The van der Waals surface area contributed by atoms with E-state index in [0.29, 0.717) is 30.5 Å². The number of nitrogens with one attached hydrogen (secondary N) is 1. The van der Waals surface area contributed by atoms with Crippen LogP contribution in [0.5, 0.6) is 0 Å². The van der Waals surface area contributed by atoms with Crippen LogP contribution >= 0.6 is 15.9 Å². The Bertz CT molecular complexity index is 667. The second-order valence-corrected chi connectivity index (χ2v) is 5.51. The molecule has 3 rings (SSSR count). The molecule has 0 atom stereocenters. The summed E-state index contributed by atoms with van der Waals surface area (Å²) in [7, 11) is 0. The predicted octanol–water partition coefficient (Wildman–Crippen LogP) is 2.40. The van der Waals surface area contributed by atoms with Crippen molar-refractivity contribution in [2.75, 3.05) is 6.54 Å². The van der Waals surface area contributed by atoms with Crippen LogP contribution in [0.1, 0.15) is 33.0 Å². The second-order valence-electron chi connectivity index (χ2n) is 4.59. The molecule has 2 heterocycles. The topological polar surface area (TPSA) is 66.1 Å². The molecule has 1 N–H and O–H groups in total. The average Bonchev–Trinajstić information content (AvgIpc) is 3.02. The van der Waals surface area contributed by atoms with E-state index < -0.39 is 0 Å². The van der Waals surface area contributed by atoms with Gasteiger partial charge in [0.25, 0.3) is 11.8 Å². The summed E-state index contributed by atoms with van der Waals surface area (Å²) in [6.45, 7) is 0.407. The van der Waals surface area contributed by atoms with Crippen LogP contribution in [-0.2, 0) is 6.42 Å². The number of rotatable bonds is 4. The largest absolute Gasteiger partial charge is 0.349 e. The number of fused-ring (bicyclic) bond motifs is 1. The van der Waals surface area contributed by atoms with Gasteiger partial charge in [0, 0.05) is 29.8 Å². The molecule has 0 bridgehead atoms. The monoisotopic (exact) mass is 333 g/mol. The molecule has 6 heteroatoms. The SMILES string of the molecule is O=C1c2ccc(Br)cc2C(=O)N1CCCc1ncc[nH]1. The molecule has 1 aliphatic rings. The summed E-state index contributed by atoms with van der Waals surface area (Å²) in [6, 6.07) is 5.16. The first kappa shape index (κ1) is 13.1. The quantitative estimate of drug-likeness (QED) is 0.873. The molecule has 0 radical (unpaired) electrons. The minimum absolute atomic E-state index is 0.211. The number of benzene rings is 1. The lowest BCUT2D eigenvalue weighted by atomic mass is 10.1. The van der Waals surface area contributed by atoms with Crippen molar-refractivity contribution in [2.24, 2.45) is 0 Å². The van der Waals surface area contributed by atoms with E-state index >= 15 is 0 Å². The zero-order valence-corrected chi connectivity index (χ0v) is 12.2. The number of nitrogens with zero attached hydrogens (tertiary/aromatic N) is 2. The number of amides is 2. The van der Waals surface area contributed by atoms with Gasteiger partial charge in [0.05, 0.1) is 11.1 Å². The maximum Gasteiger partial charge on any atom is 0.261 e. The maximum absolute atomic E-state index is 12.2. The number of halogens is 1. The lowest BCUT2D eigenvalue weighted by molar-refractivity contribution is 0.0652. The van der Waals surface area contributed by atoms with Gasteiger partial charge >= 0.3 is 0 Å². The number of imidazole rings is 1. The van der Waals surface area contributed by atoms with Gasteiger partial charge in [-0.15, -0.1) is 0 Å². The molecule has 0 spiro atoms. The van der Waals surface area contributed by atoms with E-state index in [4.69, 9.17) is 0 Å². The van der Waals surface area contributed by atoms with Crippen LogP contribution in [-0.4, -0.2) is 33.2 Å². The fourth-order valence-corrected chi connectivity index (χ4v) is 2.67. The summed E-state index contributed by atoms with van der Waals surface area (Å²) in [5, 5.41) is 0. The van der Waals surface area contributed by atoms with Crippen LogP contribution in [0.2, 0.25) is 0 Å². The Morgan fingerprint density at radius 2 is 2.00 bits per heavy atom. The first-order valence-electron chi connectivity index (χ1n) is 6.31. The average molecular weight is 334 g/mol. The molecule has 0 unspecified atom stereocenters. The molecule has 0 aliphatic carbocycles. The predicted molar refractivity (Wildman–Crippen MR) is 76.4 cm³/mol. The fourth-order valence-electron chi connectivity index (χ4n) is 2.31. The molecular formula is C14H12BrN3O2. The summed E-state index contributed by atoms with van der Waals surface area (Å²) in [5.41, 5.74) is 0.957. The smallest absolute Gasteiger partial charge is 0.261 e. The number of imide groups is 1. The molecule has 0 fully saturated rings. The van der Waals surface area contributed by atoms with Crippen LogP contribution in [0.3, 0.4) is 0 Å². The van der Waals surface area contributed by atoms with Gasteiger partial charge in [0.15, 0.2) is 0 Å². The lowest BCUT2D eigenvalue weighted by Gasteiger charge is -2.12. The zero-order valence-electron chi connectivity index (χ0n) is 10.6. The summed E-state index contributed by atoms with van der Waals surface area (Å²) in [5.74, 6) is 0.437. The Hall–Kier alpha value is -1.95. The van der Waals surface area contributed by atoms with E-state index in [0.717, 1.165) is 10.3 Å². The first-order valence-corrected chi connectivity index (χ1v) is 7.10. The molecule has 5 nitrogen and oxygen atoms in total. The van der Waals surface area contributed by atoms with Gasteiger partial charge in [-0.3, -0.25) is 14.5 Å². The second kappa shape index (κ2) is 5.20. The summed E-state index contributed by atoms with van der Waals surface area (Å²) < 4.78 is 0.801. The van der Waals surface area contributed by atoms with Gasteiger partial charge in [0.1, 0.15) is 5.82 Å². The third-order valence-corrected chi connectivity index (χ3v) is 3.78. The number of H-pyrrole nitrogens is 1. The van der Waals surface area contributed by atoms with Crippen molar-refractivity contribution in [3.05, 3.63) is 52.0 Å². The molecule has 2 aromatic rings. The molecular weight excluding hydrogens is 322 g/mol. The summed E-state index contributed by atoms with van der Waals surface area (Å²) in [4.78, 5) is 32.8. The maximum atomic E-state index is 12.2. The van der Waals surface area contributed by atoms with Gasteiger partial charge in [-0.2, -0.15) is 0 Å². The summed E-state index contributed by atoms with van der Waals surface area (Å²) >= 11 is 3.32. The lowest BCUT2D eigenvalue weighted by Crippen LogP contribution is -2.31. The minimum Gasteiger partial charge on any atom is -0.349 e. The van der Waals surface area contributed by atoms with E-state index in [1.54, 1.807) is 30.6 Å². The van der Waals surface area contributed by atoms with Crippen molar-refractivity contribution in [3.8, 4) is 0 Å². The number of carbonyl (C=O) groups excluding carboxylic acids is 2. The third-order valence-electron chi connectivity index (χ3n) is 3.28. The van der Waals surface area contributed by atoms with Crippen LogP contribution in [0.25, 0.3) is 0 Å². The molecule has 1 aromatic carbocycles. The third kappa shape index (κ3) is 2.27. The van der Waals surface area contributed by atoms with Crippen molar-refractivity contribution >= 4 is 27.7 Å². The number of aromatic amines is 1. The molecule has 20 heavy (non-hydrogen) atoms. The molecule has 102 valence electrons. The van der Waals surface area contributed by atoms with Crippen molar-refractivity contribution in [1.29, 1.82) is 0 Å². The molecule has 0 saturated carbocycles. The number of aromatic nitrogens is 2. The Balaban J connectivity index is 1.70. The number of hydrogen-bond acceptors (Lipinski definition) is 3. The number of carbonyl (C=O) groups is 2. The van der Waals surface area contributed by atoms with E-state index in [-0.39, 0.29) is 11.8 Å². The Morgan fingerprint density at radius 1 is 1.20 bits per heavy atom. The fraction of sp³-hybridized carbons (Fsp3) is 0.214. The van der Waals surface area contributed by atoms with Crippen molar-refractivity contribution in [3.63, 3.8) is 0 Å². The standard InChI is InChI=1S/C14H12BrN3O2/c15-9-3-4-10-11(8-9)14(20)18(13(10)19)7-1-2-12-16-5-6-17-12/h3-6,8H,1-2,7H2,(H,16,17). The van der Waals surface area contributed by atoms with E-state index in [1.807, 2.05) is 0 Å². The number of aryl methyl sites for hydroxylation is 1. The van der Waals surface area contributed by atoms with Crippen molar-refractivity contribution in [2.45, 2.75) is 12.8 Å². The van der Waals surface area contributed by atoms with Crippen molar-refractivity contribution in [1.82, 2.24) is 14.9 Å². The minimum atomic E-state index is -0.217. The highest BCUT2D eigenvalue weighted by Gasteiger charge is 2.34. The van der Waals surface area contributed by atoms with Gasteiger partial charge in [0.2, 0.25) is 0 Å². The highest BCUT2D eigenvalue weighted by Crippen LogP contribution is 2.26. The molecule has 1 aliphatic heterocycles. The Morgan fingerprint density at radius 3 is 2.75 bits per heavy atom. The normalized spacial score (nSPS) is 13.9. The van der Waals surface area contributed by atoms with Gasteiger partial charge < -0.3 is 4.98 Å². The molecule has 0 saturated heterocycles. The van der Waals surface area contributed by atoms with Crippen molar-refractivity contribution < 1.29 is 9.59 Å². The van der Waals surface area contributed by atoms with E-state index in [2.05, 4.69) is 25.9 Å². The Kier molecular flexibility index (Phi) is 3.40. The van der Waals surface area contributed by atoms with Crippen LogP contribution < -0.4 is 0 Å². The van der Waals surface area contributed by atoms with Gasteiger partial charge in [-0.25, -0.2) is 4.98 Å². The summed E-state index contributed by atoms with van der Waals surface area (Å²) in [6.07, 6.45) is 4.86. The Labute approximate surface area is 124 Å². The number of hydrogen-bond donors (Lipinski definition) is 1. The van der Waals surface area contributed by atoms with E-state index in [9.17, 15) is 9.59 Å². The highest BCUT2D eigenvalue weighted by molar-refractivity contribution is 9.10. The first-order chi connectivity index (χ1) is 9.66. The van der Waals surface area contributed by atoms with Crippen LogP contribution in [0.15, 0.2) is 35.1 Å². The van der Waals surface area contributed by atoms with Crippen LogP contribution in [0.4, 0.5) is 0 Å². The highest BCUT2D eigenvalue weighted by atomic mass is 79.9. The van der Waals surface area contributed by atoms with E-state index in [1.165, 1.54) is 4.90 Å². The van der Waals surface area contributed by atoms with Gasteiger partial charge in [-0.1, -0.05) is 15.9 Å². The molecule has 1 aromatic heterocycles.